The molecule has 1 heterocycles. The predicted octanol–water partition coefficient (Wildman–Crippen LogP) is 0.450. The van der Waals surface area contributed by atoms with Crippen molar-refractivity contribution in [2.75, 3.05) is 18.0 Å². The van der Waals surface area contributed by atoms with Crippen LogP contribution in [0.3, 0.4) is 0 Å². The summed E-state index contributed by atoms with van der Waals surface area (Å²) in [5.74, 6) is -1.54. The number of amides is 1. The third-order valence-corrected chi connectivity index (χ3v) is 3.19. The van der Waals surface area contributed by atoms with Crippen LogP contribution in [-0.2, 0) is 15.6 Å². The van der Waals surface area contributed by atoms with E-state index in [1.54, 1.807) is 5.32 Å². The van der Waals surface area contributed by atoms with Gasteiger partial charge in [0.05, 0.1) is 27.6 Å². The molecule has 1 atom stereocenters. The van der Waals surface area contributed by atoms with E-state index in [4.69, 9.17) is 5.73 Å². The topological polar surface area (TPSA) is 85.1 Å². The van der Waals surface area contributed by atoms with E-state index in [1.165, 1.54) is 18.5 Å². The zero-order valence-corrected chi connectivity index (χ0v) is 9.85. The van der Waals surface area contributed by atoms with Crippen LogP contribution in [0.15, 0.2) is 23.4 Å². The number of carbonyl (C=O) groups excluding carboxylic acids is 1. The minimum Gasteiger partial charge on any atom is -0.396 e. The highest BCUT2D eigenvalue weighted by atomic mass is 32.2. The molecule has 18 heavy (non-hydrogen) atoms. The van der Waals surface area contributed by atoms with Gasteiger partial charge >= 0.3 is 6.18 Å². The molecule has 0 aliphatic heterocycles. The number of rotatable bonds is 4. The molecule has 1 aromatic heterocycles. The molecular weight excluding hydrogens is 271 g/mol. The van der Waals surface area contributed by atoms with Gasteiger partial charge in [-0.2, -0.15) is 13.2 Å². The Morgan fingerprint density at radius 1 is 1.50 bits per heavy atom. The first-order chi connectivity index (χ1) is 8.29. The van der Waals surface area contributed by atoms with E-state index in [0.29, 0.717) is 0 Å². The molecule has 0 saturated heterocycles. The fourth-order valence-electron chi connectivity index (χ4n) is 1.05. The average molecular weight is 281 g/mol. The zero-order valence-electron chi connectivity index (χ0n) is 9.03. The van der Waals surface area contributed by atoms with Gasteiger partial charge in [-0.1, -0.05) is 0 Å². The third kappa shape index (κ3) is 4.70. The maximum Gasteiger partial charge on any atom is 0.405 e. The SMILES string of the molecule is Nc1cnccc1S(=O)CC(=O)NCC(F)(F)F. The number of carbonyl (C=O) groups is 1. The van der Waals surface area contributed by atoms with Crippen molar-refractivity contribution in [3.63, 3.8) is 0 Å². The molecular formula is C9H10F3N3O2S. The lowest BCUT2D eigenvalue weighted by atomic mass is 10.4. The summed E-state index contributed by atoms with van der Waals surface area (Å²) in [5.41, 5.74) is 5.60. The molecule has 0 bridgehead atoms. The van der Waals surface area contributed by atoms with Crippen LogP contribution < -0.4 is 11.1 Å². The van der Waals surface area contributed by atoms with Gasteiger partial charge in [-0.25, -0.2) is 0 Å². The van der Waals surface area contributed by atoms with E-state index in [0.717, 1.165) is 0 Å². The summed E-state index contributed by atoms with van der Waals surface area (Å²) in [6, 6.07) is 1.35. The molecule has 0 aromatic carbocycles. The van der Waals surface area contributed by atoms with Crippen LogP contribution >= 0.6 is 0 Å². The summed E-state index contributed by atoms with van der Waals surface area (Å²) < 4.78 is 47.1. The Labute approximate surface area is 103 Å². The van der Waals surface area contributed by atoms with Gasteiger partial charge in [0.1, 0.15) is 12.3 Å². The van der Waals surface area contributed by atoms with E-state index in [2.05, 4.69) is 4.98 Å². The maximum atomic E-state index is 11.8. The molecule has 5 nitrogen and oxygen atoms in total. The highest BCUT2D eigenvalue weighted by Gasteiger charge is 2.28. The monoisotopic (exact) mass is 281 g/mol. The Bertz CT molecular complexity index is 465. The molecule has 1 amide bonds. The fraction of sp³-hybridized carbons (Fsp3) is 0.333. The predicted molar refractivity (Wildman–Crippen MR) is 59.0 cm³/mol. The Hall–Kier alpha value is -1.64. The van der Waals surface area contributed by atoms with Crippen molar-refractivity contribution in [1.82, 2.24) is 10.3 Å². The molecule has 0 spiro atoms. The number of nitrogens with zero attached hydrogens (tertiary/aromatic N) is 1. The Morgan fingerprint density at radius 3 is 2.72 bits per heavy atom. The Morgan fingerprint density at radius 2 is 2.17 bits per heavy atom. The van der Waals surface area contributed by atoms with Crippen LogP contribution in [0.2, 0.25) is 0 Å². The van der Waals surface area contributed by atoms with Crippen LogP contribution in [-0.4, -0.2) is 33.6 Å². The summed E-state index contributed by atoms with van der Waals surface area (Å²) >= 11 is 0. The van der Waals surface area contributed by atoms with Gasteiger partial charge in [-0.15, -0.1) is 0 Å². The average Bonchev–Trinajstić information content (AvgIpc) is 2.26. The second kappa shape index (κ2) is 5.80. The van der Waals surface area contributed by atoms with Gasteiger partial charge in [0.15, 0.2) is 0 Å². The van der Waals surface area contributed by atoms with E-state index < -0.39 is 35.2 Å². The summed E-state index contributed by atoms with van der Waals surface area (Å²) in [5, 5.41) is 1.63. The number of nitrogen functional groups attached to an aromatic ring is 1. The van der Waals surface area contributed by atoms with Crippen LogP contribution in [0.4, 0.5) is 18.9 Å². The molecule has 1 unspecified atom stereocenters. The first-order valence-electron chi connectivity index (χ1n) is 4.71. The number of nitrogens with one attached hydrogen (secondary N) is 1. The molecule has 0 fully saturated rings. The summed E-state index contributed by atoms with van der Waals surface area (Å²) in [4.78, 5) is 15.0. The number of nitrogens with two attached hydrogens (primary N) is 1. The van der Waals surface area contributed by atoms with Crippen LogP contribution in [0.5, 0.6) is 0 Å². The number of halogens is 3. The van der Waals surface area contributed by atoms with E-state index in [-0.39, 0.29) is 10.6 Å². The molecule has 0 aliphatic rings. The quantitative estimate of drug-likeness (QED) is 0.839. The normalized spacial score (nSPS) is 13.1. The van der Waals surface area contributed by atoms with Crippen molar-refractivity contribution in [1.29, 1.82) is 0 Å². The first-order valence-corrected chi connectivity index (χ1v) is 6.03. The standard InChI is InChI=1S/C9H10F3N3O2S/c10-9(11,12)5-15-8(16)4-18(17)7-1-2-14-3-6(7)13/h1-3H,4-5,13H2,(H,15,16). The minimum atomic E-state index is -4.49. The molecule has 100 valence electrons. The smallest absolute Gasteiger partial charge is 0.396 e. The summed E-state index contributed by atoms with van der Waals surface area (Å²) in [6.45, 7) is -1.45. The van der Waals surface area contributed by atoms with E-state index in [9.17, 15) is 22.2 Å². The van der Waals surface area contributed by atoms with Gasteiger partial charge < -0.3 is 11.1 Å². The minimum absolute atomic E-state index is 0.124. The van der Waals surface area contributed by atoms with Crippen LogP contribution in [0.1, 0.15) is 0 Å². The second-order valence-corrected chi connectivity index (χ2v) is 4.71. The van der Waals surface area contributed by atoms with Gasteiger partial charge in [-0.3, -0.25) is 14.0 Å². The zero-order chi connectivity index (χ0) is 13.8. The molecule has 0 aliphatic carbocycles. The molecule has 0 saturated carbocycles. The van der Waals surface area contributed by atoms with E-state index in [1.807, 2.05) is 0 Å². The van der Waals surface area contributed by atoms with Crippen molar-refractivity contribution >= 4 is 22.4 Å². The Kier molecular flexibility index (Phi) is 4.65. The lowest BCUT2D eigenvalue weighted by molar-refractivity contribution is -0.136. The fourth-order valence-corrected chi connectivity index (χ4v) is 2.07. The summed E-state index contributed by atoms with van der Waals surface area (Å²) in [7, 11) is -1.80. The van der Waals surface area contributed by atoms with E-state index >= 15 is 0 Å². The lowest BCUT2D eigenvalue weighted by Gasteiger charge is -2.08. The van der Waals surface area contributed by atoms with Gasteiger partial charge in [0.25, 0.3) is 0 Å². The highest BCUT2D eigenvalue weighted by Crippen LogP contribution is 2.14. The molecule has 0 radical (unpaired) electrons. The number of alkyl halides is 3. The second-order valence-electron chi connectivity index (χ2n) is 3.30. The lowest BCUT2D eigenvalue weighted by Crippen LogP contribution is -2.36. The number of hydrogen-bond acceptors (Lipinski definition) is 4. The van der Waals surface area contributed by atoms with Crippen LogP contribution in [0, 0.1) is 0 Å². The van der Waals surface area contributed by atoms with Crippen molar-refractivity contribution in [3.05, 3.63) is 18.5 Å². The van der Waals surface area contributed by atoms with Crippen LogP contribution in [0.25, 0.3) is 0 Å². The Balaban J connectivity index is 2.56. The summed E-state index contributed by atoms with van der Waals surface area (Å²) in [6.07, 6.45) is -1.91. The van der Waals surface area contributed by atoms with Gasteiger partial charge in [-0.05, 0) is 6.07 Å². The van der Waals surface area contributed by atoms with Crippen molar-refractivity contribution in [2.45, 2.75) is 11.1 Å². The highest BCUT2D eigenvalue weighted by molar-refractivity contribution is 7.86. The number of aromatic nitrogens is 1. The number of hydrogen-bond donors (Lipinski definition) is 2. The number of anilines is 1. The largest absolute Gasteiger partial charge is 0.405 e. The van der Waals surface area contributed by atoms with Gasteiger partial charge in [0.2, 0.25) is 5.91 Å². The van der Waals surface area contributed by atoms with Crippen molar-refractivity contribution in [2.24, 2.45) is 0 Å². The first kappa shape index (κ1) is 14.4. The third-order valence-electron chi connectivity index (χ3n) is 1.80. The molecule has 3 N–H and O–H groups in total. The van der Waals surface area contributed by atoms with Crippen molar-refractivity contribution in [3.8, 4) is 0 Å². The molecule has 9 heteroatoms. The maximum absolute atomic E-state index is 11.8. The number of pyridine rings is 1. The van der Waals surface area contributed by atoms with Gasteiger partial charge in [0, 0.05) is 6.20 Å². The van der Waals surface area contributed by atoms with Crippen molar-refractivity contribution < 1.29 is 22.2 Å². The molecule has 1 aromatic rings. The molecule has 1 rings (SSSR count).